The summed E-state index contributed by atoms with van der Waals surface area (Å²) in [6.07, 6.45) is 9.42. The van der Waals surface area contributed by atoms with Crippen LogP contribution in [0.2, 0.25) is 0 Å². The largest absolute Gasteiger partial charge is 0.338 e. The molecule has 0 spiro atoms. The van der Waals surface area contributed by atoms with E-state index in [0.717, 1.165) is 36.5 Å². The van der Waals surface area contributed by atoms with Crippen molar-refractivity contribution in [2.24, 2.45) is 0 Å². The van der Waals surface area contributed by atoms with Crippen LogP contribution in [0.1, 0.15) is 30.7 Å². The Morgan fingerprint density at radius 2 is 2.23 bits per heavy atom. The van der Waals surface area contributed by atoms with E-state index in [0.29, 0.717) is 5.92 Å². The number of thiazole rings is 1. The Morgan fingerprint density at radius 3 is 3.05 bits per heavy atom. The van der Waals surface area contributed by atoms with Crippen molar-refractivity contribution >= 4 is 27.5 Å². The molecule has 1 aromatic carbocycles. The number of carbonyl (C=O) groups is 1. The minimum Gasteiger partial charge on any atom is -0.338 e. The number of nitrogens with zero attached hydrogens (tertiary/aromatic N) is 2. The molecule has 2 heterocycles. The minimum absolute atomic E-state index is 0.101. The number of likely N-dealkylation sites (tertiary alicyclic amines) is 1. The van der Waals surface area contributed by atoms with Gasteiger partial charge in [-0.05, 0) is 31.9 Å². The molecule has 1 fully saturated rings. The van der Waals surface area contributed by atoms with Crippen LogP contribution in [0, 0.1) is 0 Å². The predicted molar refractivity (Wildman–Crippen MR) is 92.1 cm³/mol. The summed E-state index contributed by atoms with van der Waals surface area (Å²) < 4.78 is 1.23. The molecular weight excluding hydrogens is 292 g/mol. The van der Waals surface area contributed by atoms with Crippen LogP contribution in [-0.4, -0.2) is 28.9 Å². The molecule has 0 unspecified atom stereocenters. The number of piperidine rings is 1. The van der Waals surface area contributed by atoms with Crippen molar-refractivity contribution in [3.8, 4) is 0 Å². The van der Waals surface area contributed by atoms with Gasteiger partial charge in [-0.2, -0.15) is 0 Å². The van der Waals surface area contributed by atoms with Crippen LogP contribution in [-0.2, 0) is 4.79 Å². The van der Waals surface area contributed by atoms with Gasteiger partial charge < -0.3 is 4.90 Å². The molecule has 0 saturated carbocycles. The second-order valence-corrected chi connectivity index (χ2v) is 6.59. The molecule has 0 N–H and O–H groups in total. The molecule has 3 nitrogen and oxygen atoms in total. The number of carbonyl (C=O) groups excluding carboxylic acids is 1. The zero-order chi connectivity index (χ0) is 15.4. The molecule has 0 radical (unpaired) electrons. The number of allylic oxidation sites excluding steroid dienone is 3. The van der Waals surface area contributed by atoms with Crippen LogP contribution in [0.5, 0.6) is 0 Å². The van der Waals surface area contributed by atoms with E-state index in [-0.39, 0.29) is 5.91 Å². The van der Waals surface area contributed by atoms with Gasteiger partial charge in [0.05, 0.1) is 15.2 Å². The zero-order valence-electron chi connectivity index (χ0n) is 12.7. The Hall–Kier alpha value is -1.94. The highest BCUT2D eigenvalue weighted by Gasteiger charge is 2.25. The van der Waals surface area contributed by atoms with Crippen molar-refractivity contribution in [2.45, 2.75) is 25.7 Å². The Balaban J connectivity index is 1.73. The van der Waals surface area contributed by atoms with E-state index < -0.39 is 0 Å². The lowest BCUT2D eigenvalue weighted by Crippen LogP contribution is -2.38. The summed E-state index contributed by atoms with van der Waals surface area (Å²) >= 11 is 1.76. The van der Waals surface area contributed by atoms with Gasteiger partial charge in [-0.15, -0.1) is 11.3 Å². The number of aromatic nitrogens is 1. The lowest BCUT2D eigenvalue weighted by Gasteiger charge is -2.31. The lowest BCUT2D eigenvalue weighted by molar-refractivity contribution is -0.127. The second kappa shape index (κ2) is 6.88. The average molecular weight is 312 g/mol. The number of para-hydroxylation sites is 1. The van der Waals surface area contributed by atoms with E-state index in [1.165, 1.54) is 4.70 Å². The van der Waals surface area contributed by atoms with Crippen molar-refractivity contribution in [2.75, 3.05) is 13.1 Å². The number of hydrogen-bond donors (Lipinski definition) is 0. The molecule has 0 aliphatic carbocycles. The second-order valence-electron chi connectivity index (χ2n) is 5.53. The third-order valence-electron chi connectivity index (χ3n) is 3.94. The van der Waals surface area contributed by atoms with Crippen LogP contribution >= 0.6 is 11.3 Å². The minimum atomic E-state index is 0.101. The van der Waals surface area contributed by atoms with Gasteiger partial charge in [0, 0.05) is 25.1 Å². The first kappa shape index (κ1) is 15.0. The molecule has 1 amide bonds. The molecule has 1 aliphatic heterocycles. The molecule has 3 rings (SSSR count). The number of rotatable bonds is 3. The zero-order valence-corrected chi connectivity index (χ0v) is 13.6. The first-order chi connectivity index (χ1) is 10.8. The lowest BCUT2D eigenvalue weighted by atomic mass is 9.98. The van der Waals surface area contributed by atoms with Gasteiger partial charge in [-0.25, -0.2) is 4.98 Å². The fourth-order valence-electron chi connectivity index (χ4n) is 2.80. The maximum atomic E-state index is 12.2. The number of fused-ring (bicyclic) bond motifs is 1. The SMILES string of the molecule is C/C=C/C=C\C(=O)N1CCC[C@H](c2nc3ccccc3s2)C1. The van der Waals surface area contributed by atoms with Gasteiger partial charge in [0.2, 0.25) is 5.91 Å². The molecule has 1 saturated heterocycles. The molecular formula is C18H20N2OS. The average Bonchev–Trinajstić information content (AvgIpc) is 2.99. The summed E-state index contributed by atoms with van der Waals surface area (Å²) in [6, 6.07) is 8.24. The normalized spacial score (nSPS) is 19.5. The first-order valence-electron chi connectivity index (χ1n) is 7.71. The van der Waals surface area contributed by atoms with Crippen molar-refractivity contribution in [1.82, 2.24) is 9.88 Å². The van der Waals surface area contributed by atoms with Gasteiger partial charge >= 0.3 is 0 Å². The van der Waals surface area contributed by atoms with Crippen LogP contribution in [0.15, 0.2) is 48.6 Å². The van der Waals surface area contributed by atoms with E-state index in [1.54, 1.807) is 17.4 Å². The van der Waals surface area contributed by atoms with E-state index in [4.69, 9.17) is 4.98 Å². The molecule has 1 atom stereocenters. The first-order valence-corrected chi connectivity index (χ1v) is 8.53. The van der Waals surface area contributed by atoms with Crippen molar-refractivity contribution in [3.63, 3.8) is 0 Å². The van der Waals surface area contributed by atoms with E-state index >= 15 is 0 Å². The molecule has 2 aromatic rings. The van der Waals surface area contributed by atoms with Crippen molar-refractivity contribution < 1.29 is 4.79 Å². The topological polar surface area (TPSA) is 33.2 Å². The Kier molecular flexibility index (Phi) is 4.68. The summed E-state index contributed by atoms with van der Waals surface area (Å²) in [6.45, 7) is 3.57. The summed E-state index contributed by atoms with van der Waals surface area (Å²) in [5, 5.41) is 1.16. The highest BCUT2D eigenvalue weighted by atomic mass is 32.1. The van der Waals surface area contributed by atoms with E-state index in [9.17, 15) is 4.79 Å². The van der Waals surface area contributed by atoms with Crippen LogP contribution in [0.25, 0.3) is 10.2 Å². The van der Waals surface area contributed by atoms with Gasteiger partial charge in [0.15, 0.2) is 0 Å². The van der Waals surface area contributed by atoms with Gasteiger partial charge in [0.1, 0.15) is 0 Å². The highest BCUT2D eigenvalue weighted by Crippen LogP contribution is 2.32. The molecule has 22 heavy (non-hydrogen) atoms. The maximum absolute atomic E-state index is 12.2. The predicted octanol–water partition coefficient (Wildman–Crippen LogP) is 4.13. The monoisotopic (exact) mass is 312 g/mol. The van der Waals surface area contributed by atoms with Crippen LogP contribution in [0.3, 0.4) is 0 Å². The molecule has 1 aromatic heterocycles. The van der Waals surface area contributed by atoms with Gasteiger partial charge in [-0.1, -0.05) is 30.4 Å². The summed E-state index contributed by atoms with van der Waals surface area (Å²) in [5.74, 6) is 0.467. The fourth-order valence-corrected chi connectivity index (χ4v) is 3.89. The Bertz CT molecular complexity index is 684. The third-order valence-corrected chi connectivity index (χ3v) is 5.13. The number of benzene rings is 1. The highest BCUT2D eigenvalue weighted by molar-refractivity contribution is 7.18. The summed E-state index contributed by atoms with van der Waals surface area (Å²) in [4.78, 5) is 18.9. The van der Waals surface area contributed by atoms with Gasteiger partial charge in [0.25, 0.3) is 0 Å². The maximum Gasteiger partial charge on any atom is 0.246 e. The number of hydrogen-bond acceptors (Lipinski definition) is 3. The fraction of sp³-hybridized carbons (Fsp3) is 0.333. The summed E-state index contributed by atoms with van der Waals surface area (Å²) in [5.41, 5.74) is 1.07. The van der Waals surface area contributed by atoms with Crippen molar-refractivity contribution in [3.05, 3.63) is 53.6 Å². The standard InChI is InChI=1S/C18H20N2OS/c1-2-3-4-11-17(21)20-12-7-8-14(13-20)18-19-15-9-5-6-10-16(15)22-18/h2-6,9-11,14H,7-8,12-13H2,1H3/b3-2+,11-4-/t14-/m0/s1. The molecule has 1 aliphatic rings. The van der Waals surface area contributed by atoms with E-state index in [2.05, 4.69) is 12.1 Å². The summed E-state index contributed by atoms with van der Waals surface area (Å²) in [7, 11) is 0. The molecule has 4 heteroatoms. The van der Waals surface area contributed by atoms with E-state index in [1.807, 2.05) is 42.2 Å². The van der Waals surface area contributed by atoms with Crippen LogP contribution in [0.4, 0.5) is 0 Å². The number of amides is 1. The quantitative estimate of drug-likeness (QED) is 0.630. The molecule has 114 valence electrons. The Morgan fingerprint density at radius 1 is 1.36 bits per heavy atom. The molecule has 0 bridgehead atoms. The van der Waals surface area contributed by atoms with Crippen molar-refractivity contribution in [1.29, 1.82) is 0 Å². The third kappa shape index (κ3) is 3.28. The van der Waals surface area contributed by atoms with Gasteiger partial charge in [-0.3, -0.25) is 4.79 Å². The Labute approximate surface area is 135 Å². The van der Waals surface area contributed by atoms with Crippen LogP contribution < -0.4 is 0 Å². The smallest absolute Gasteiger partial charge is 0.246 e.